The van der Waals surface area contributed by atoms with Crippen LogP contribution in [0.5, 0.6) is 0 Å². The second-order valence-electron chi connectivity index (χ2n) is 3.70. The summed E-state index contributed by atoms with van der Waals surface area (Å²) in [6, 6.07) is 4.68. The molecule has 18 heavy (non-hydrogen) atoms. The molecule has 1 N–H and O–H groups in total. The van der Waals surface area contributed by atoms with E-state index >= 15 is 0 Å². The van der Waals surface area contributed by atoms with Gasteiger partial charge in [0.2, 0.25) is 10.0 Å². The molecule has 0 aliphatic carbocycles. The lowest BCUT2D eigenvalue weighted by molar-refractivity contribution is -0.140. The summed E-state index contributed by atoms with van der Waals surface area (Å²) in [5, 5.41) is 9.43. The van der Waals surface area contributed by atoms with Crippen LogP contribution in [0.2, 0.25) is 5.02 Å². The summed E-state index contributed by atoms with van der Waals surface area (Å²) in [5.41, 5.74) is 0. The maximum absolute atomic E-state index is 12.3. The molecule has 0 unspecified atom stereocenters. The second kappa shape index (κ2) is 5.08. The van der Waals surface area contributed by atoms with Crippen LogP contribution < -0.4 is 0 Å². The van der Waals surface area contributed by atoms with Crippen molar-refractivity contribution in [3.63, 3.8) is 0 Å². The van der Waals surface area contributed by atoms with Gasteiger partial charge in [0.05, 0.1) is 10.8 Å². The highest BCUT2D eigenvalue weighted by Crippen LogP contribution is 2.28. The largest absolute Gasteiger partial charge is 0.480 e. The lowest BCUT2D eigenvalue weighted by Gasteiger charge is -2.19. The molecule has 1 aliphatic heterocycles. The third kappa shape index (κ3) is 2.49. The summed E-state index contributed by atoms with van der Waals surface area (Å²) in [7, 11) is -3.78. The molecule has 5 nitrogen and oxygen atoms in total. The first kappa shape index (κ1) is 13.7. The summed E-state index contributed by atoms with van der Waals surface area (Å²) in [5.74, 6) is -0.707. The normalized spacial score (nSPS) is 21.1. The Morgan fingerprint density at radius 2 is 2.00 bits per heavy atom. The number of carbonyl (C=O) groups is 1. The number of nitrogens with zero attached hydrogens (tertiary/aromatic N) is 1. The van der Waals surface area contributed by atoms with Crippen LogP contribution in [-0.2, 0) is 14.8 Å². The number of carboxylic acids is 1. The van der Waals surface area contributed by atoms with Gasteiger partial charge in [-0.2, -0.15) is 4.31 Å². The lowest BCUT2D eigenvalue weighted by Crippen LogP contribution is -2.41. The SMILES string of the molecule is O=C(O)[C@H]1CSCN1S(=O)(=O)c1ccc(Cl)cc1. The second-order valence-corrected chi connectivity index (χ2v) is 7.03. The van der Waals surface area contributed by atoms with Crippen molar-refractivity contribution in [2.45, 2.75) is 10.9 Å². The van der Waals surface area contributed by atoms with Gasteiger partial charge in [-0.15, -0.1) is 11.8 Å². The van der Waals surface area contributed by atoms with E-state index in [-0.39, 0.29) is 16.5 Å². The Hall–Kier alpha value is -0.760. The number of hydrogen-bond donors (Lipinski definition) is 1. The van der Waals surface area contributed by atoms with Gasteiger partial charge in [0.25, 0.3) is 0 Å². The molecule has 2 rings (SSSR count). The maximum atomic E-state index is 12.3. The first-order chi connectivity index (χ1) is 8.43. The van der Waals surface area contributed by atoms with Crippen molar-refractivity contribution in [1.82, 2.24) is 4.31 Å². The minimum absolute atomic E-state index is 0.0562. The molecule has 0 amide bonds. The number of aliphatic carboxylic acids is 1. The average Bonchev–Trinajstić information content (AvgIpc) is 2.79. The number of rotatable bonds is 3. The molecule has 1 aromatic rings. The lowest BCUT2D eigenvalue weighted by atomic mass is 10.4. The van der Waals surface area contributed by atoms with Crippen molar-refractivity contribution in [1.29, 1.82) is 0 Å². The van der Waals surface area contributed by atoms with Crippen LogP contribution in [0.3, 0.4) is 0 Å². The van der Waals surface area contributed by atoms with Crippen LogP contribution in [0.25, 0.3) is 0 Å². The Morgan fingerprint density at radius 3 is 2.56 bits per heavy atom. The first-order valence-corrected chi connectivity index (χ1v) is 7.98. The van der Waals surface area contributed by atoms with E-state index in [1.807, 2.05) is 0 Å². The van der Waals surface area contributed by atoms with Gasteiger partial charge in [-0.1, -0.05) is 11.6 Å². The van der Waals surface area contributed by atoms with Gasteiger partial charge in [0, 0.05) is 10.8 Å². The van der Waals surface area contributed by atoms with E-state index in [9.17, 15) is 13.2 Å². The minimum Gasteiger partial charge on any atom is -0.480 e. The quantitative estimate of drug-likeness (QED) is 0.915. The van der Waals surface area contributed by atoms with Gasteiger partial charge in [0.1, 0.15) is 6.04 Å². The van der Waals surface area contributed by atoms with Gasteiger partial charge in [-0.3, -0.25) is 4.79 Å². The van der Waals surface area contributed by atoms with E-state index in [1.165, 1.54) is 36.0 Å². The highest BCUT2D eigenvalue weighted by atomic mass is 35.5. The zero-order valence-corrected chi connectivity index (χ0v) is 11.5. The Kier molecular flexibility index (Phi) is 3.86. The number of benzene rings is 1. The van der Waals surface area contributed by atoms with Gasteiger partial charge < -0.3 is 5.11 Å². The average molecular weight is 308 g/mol. The Morgan fingerprint density at radius 1 is 1.39 bits per heavy atom. The fraction of sp³-hybridized carbons (Fsp3) is 0.300. The van der Waals surface area contributed by atoms with Crippen molar-refractivity contribution in [2.75, 3.05) is 11.6 Å². The molecule has 1 fully saturated rings. The van der Waals surface area contributed by atoms with Crippen LogP contribution in [0, 0.1) is 0 Å². The summed E-state index contributed by atoms with van der Waals surface area (Å²) in [4.78, 5) is 11.1. The predicted molar refractivity (Wildman–Crippen MR) is 69.2 cm³/mol. The van der Waals surface area contributed by atoms with E-state index < -0.39 is 22.0 Å². The number of hydrogen-bond acceptors (Lipinski definition) is 4. The molecule has 8 heteroatoms. The predicted octanol–water partition coefficient (Wildman–Crippen LogP) is 1.49. The Bertz CT molecular complexity index is 558. The molecular weight excluding hydrogens is 298 g/mol. The van der Waals surface area contributed by atoms with Crippen molar-refractivity contribution in [3.05, 3.63) is 29.3 Å². The van der Waals surface area contributed by atoms with Crippen molar-refractivity contribution in [2.24, 2.45) is 0 Å². The molecule has 0 spiro atoms. The van der Waals surface area contributed by atoms with E-state index in [0.717, 1.165) is 4.31 Å². The summed E-state index contributed by atoms with van der Waals surface area (Å²) >= 11 is 6.98. The topological polar surface area (TPSA) is 74.7 Å². The Labute approximate surface area is 114 Å². The molecule has 98 valence electrons. The summed E-state index contributed by atoms with van der Waals surface area (Å²) in [6.45, 7) is 0. The summed E-state index contributed by atoms with van der Waals surface area (Å²) < 4.78 is 25.5. The molecule has 1 saturated heterocycles. The molecule has 1 aliphatic rings. The van der Waals surface area contributed by atoms with E-state index in [0.29, 0.717) is 5.02 Å². The fourth-order valence-corrected chi connectivity index (χ4v) is 4.86. The smallest absolute Gasteiger partial charge is 0.322 e. The van der Waals surface area contributed by atoms with Crippen LogP contribution >= 0.6 is 23.4 Å². The van der Waals surface area contributed by atoms with E-state index in [2.05, 4.69) is 0 Å². The Balaban J connectivity index is 2.36. The van der Waals surface area contributed by atoms with E-state index in [4.69, 9.17) is 16.7 Å². The van der Waals surface area contributed by atoms with E-state index in [1.54, 1.807) is 0 Å². The van der Waals surface area contributed by atoms with Crippen LogP contribution in [-0.4, -0.2) is 41.5 Å². The summed E-state index contributed by atoms with van der Waals surface area (Å²) in [6.07, 6.45) is 0. The highest BCUT2D eigenvalue weighted by molar-refractivity contribution is 8.00. The molecule has 0 saturated carbocycles. The number of sulfonamides is 1. The zero-order chi connectivity index (χ0) is 13.3. The molecule has 1 atom stereocenters. The van der Waals surface area contributed by atoms with Gasteiger partial charge in [-0.25, -0.2) is 8.42 Å². The van der Waals surface area contributed by atoms with Gasteiger partial charge >= 0.3 is 5.97 Å². The van der Waals surface area contributed by atoms with Gasteiger partial charge in [-0.05, 0) is 24.3 Å². The third-order valence-electron chi connectivity index (χ3n) is 2.55. The molecule has 1 heterocycles. The first-order valence-electron chi connectivity index (χ1n) is 5.01. The van der Waals surface area contributed by atoms with Crippen molar-refractivity contribution in [3.8, 4) is 0 Å². The monoisotopic (exact) mass is 307 g/mol. The molecule has 0 bridgehead atoms. The number of carboxylic acid groups (broad SMARTS) is 1. The highest BCUT2D eigenvalue weighted by Gasteiger charge is 2.39. The van der Waals surface area contributed by atoms with Crippen molar-refractivity contribution >= 4 is 39.4 Å². The van der Waals surface area contributed by atoms with Gasteiger partial charge in [0.15, 0.2) is 0 Å². The number of halogens is 1. The zero-order valence-electron chi connectivity index (χ0n) is 9.11. The van der Waals surface area contributed by atoms with Crippen LogP contribution in [0.15, 0.2) is 29.2 Å². The minimum atomic E-state index is -3.78. The standard InChI is InChI=1S/C10H10ClNO4S2/c11-7-1-3-8(4-2-7)18(15,16)12-6-17-5-9(12)10(13)14/h1-4,9H,5-6H2,(H,13,14)/t9-/m1/s1. The molecule has 0 radical (unpaired) electrons. The van der Waals surface area contributed by atoms with Crippen molar-refractivity contribution < 1.29 is 18.3 Å². The number of thioether (sulfide) groups is 1. The third-order valence-corrected chi connectivity index (χ3v) is 5.84. The molecule has 0 aromatic heterocycles. The molecular formula is C10H10ClNO4S2. The van der Waals surface area contributed by atoms with Crippen LogP contribution in [0.1, 0.15) is 0 Å². The van der Waals surface area contributed by atoms with Crippen LogP contribution in [0.4, 0.5) is 0 Å². The maximum Gasteiger partial charge on any atom is 0.322 e. The molecule has 1 aromatic carbocycles. The fourth-order valence-electron chi connectivity index (χ4n) is 1.60.